The molecule has 2 fully saturated rings. The average molecular weight is 397 g/mol. The second kappa shape index (κ2) is 7.96. The predicted octanol–water partition coefficient (Wildman–Crippen LogP) is 2.28. The third-order valence-corrected chi connectivity index (χ3v) is 8.18. The zero-order chi connectivity index (χ0) is 19.6. The summed E-state index contributed by atoms with van der Waals surface area (Å²) in [6, 6.07) is 3.26. The Morgan fingerprint density at radius 1 is 0.926 bits per heavy atom. The van der Waals surface area contributed by atoms with Crippen molar-refractivity contribution in [2.24, 2.45) is 0 Å². The van der Waals surface area contributed by atoms with Gasteiger partial charge in [-0.25, -0.2) is 8.42 Å². The molecule has 0 N–H and O–H groups in total. The molecule has 1 aromatic rings. The number of nitrogens with zero attached hydrogens (tertiary/aromatic N) is 1. The fourth-order valence-electron chi connectivity index (χ4n) is 3.92. The summed E-state index contributed by atoms with van der Waals surface area (Å²) < 4.78 is 41.5. The molecular formula is C19H27NO6S. The first-order valence-electron chi connectivity index (χ1n) is 9.25. The molecule has 0 bridgehead atoms. The van der Waals surface area contributed by atoms with Gasteiger partial charge in [-0.15, -0.1) is 0 Å². The molecule has 1 amide bonds. The van der Waals surface area contributed by atoms with Crippen LogP contribution in [0.1, 0.15) is 42.5 Å². The van der Waals surface area contributed by atoms with Gasteiger partial charge in [0, 0.05) is 13.1 Å². The lowest BCUT2D eigenvalue weighted by Gasteiger charge is -2.41. The van der Waals surface area contributed by atoms with Crippen LogP contribution in [0.25, 0.3) is 0 Å². The van der Waals surface area contributed by atoms with Gasteiger partial charge in [-0.2, -0.15) is 0 Å². The summed E-state index contributed by atoms with van der Waals surface area (Å²) in [5, 5.41) is -0.709. The standard InChI is InChI=1S/C19H27NO6S/c1-24-16-10-9-15(17(25-2)18(16)26-3)19(21)20-11-14(12-20)27(22,23)13-7-5-4-6-8-13/h9-10,13-14H,4-8,11-12H2,1-3H3. The average Bonchev–Trinajstić information content (AvgIpc) is 2.65. The van der Waals surface area contributed by atoms with E-state index in [1.54, 1.807) is 17.0 Å². The van der Waals surface area contributed by atoms with Gasteiger partial charge in [0.25, 0.3) is 5.91 Å². The van der Waals surface area contributed by atoms with Gasteiger partial charge in [-0.1, -0.05) is 19.3 Å². The molecule has 1 saturated heterocycles. The highest BCUT2D eigenvalue weighted by atomic mass is 32.2. The van der Waals surface area contributed by atoms with Crippen molar-refractivity contribution in [2.45, 2.75) is 42.6 Å². The normalized spacial score (nSPS) is 18.7. The van der Waals surface area contributed by atoms with Crippen molar-refractivity contribution in [3.8, 4) is 17.2 Å². The lowest BCUT2D eigenvalue weighted by molar-refractivity contribution is 0.0653. The molecule has 1 aliphatic heterocycles. The Morgan fingerprint density at radius 3 is 2.11 bits per heavy atom. The summed E-state index contributed by atoms with van der Waals surface area (Å²) in [5.74, 6) is 0.841. The zero-order valence-electron chi connectivity index (χ0n) is 16.1. The van der Waals surface area contributed by atoms with Gasteiger partial charge in [0.2, 0.25) is 5.75 Å². The van der Waals surface area contributed by atoms with Gasteiger partial charge in [-0.3, -0.25) is 4.79 Å². The van der Waals surface area contributed by atoms with E-state index < -0.39 is 15.1 Å². The molecule has 27 heavy (non-hydrogen) atoms. The molecule has 3 rings (SSSR count). The van der Waals surface area contributed by atoms with Gasteiger partial charge in [0.15, 0.2) is 21.3 Å². The Morgan fingerprint density at radius 2 is 1.56 bits per heavy atom. The predicted molar refractivity (Wildman–Crippen MR) is 102 cm³/mol. The topological polar surface area (TPSA) is 82.1 Å². The number of carbonyl (C=O) groups excluding carboxylic acids is 1. The van der Waals surface area contributed by atoms with Crippen LogP contribution in [0.15, 0.2) is 12.1 Å². The molecule has 0 atom stereocenters. The first-order chi connectivity index (χ1) is 12.9. The van der Waals surface area contributed by atoms with E-state index in [1.165, 1.54) is 21.3 Å². The minimum Gasteiger partial charge on any atom is -0.493 e. The van der Waals surface area contributed by atoms with Gasteiger partial charge in [0.05, 0.1) is 37.4 Å². The summed E-state index contributed by atoms with van der Waals surface area (Å²) in [7, 11) is 1.26. The third-order valence-electron chi connectivity index (χ3n) is 5.55. The van der Waals surface area contributed by atoms with Crippen molar-refractivity contribution in [1.82, 2.24) is 4.90 Å². The Bertz CT molecular complexity index is 795. The van der Waals surface area contributed by atoms with Crippen LogP contribution in [0.5, 0.6) is 17.2 Å². The quantitative estimate of drug-likeness (QED) is 0.732. The number of hydrogen-bond donors (Lipinski definition) is 0. The maximum Gasteiger partial charge on any atom is 0.257 e. The molecular weight excluding hydrogens is 370 g/mol. The molecule has 1 aliphatic carbocycles. The molecule has 0 aromatic heterocycles. The lowest BCUT2D eigenvalue weighted by Crippen LogP contribution is -2.58. The van der Waals surface area contributed by atoms with Crippen LogP contribution in [-0.2, 0) is 9.84 Å². The maximum absolute atomic E-state index is 12.9. The molecule has 8 heteroatoms. The van der Waals surface area contributed by atoms with E-state index in [-0.39, 0.29) is 24.2 Å². The first kappa shape index (κ1) is 19.8. The van der Waals surface area contributed by atoms with Gasteiger partial charge >= 0.3 is 0 Å². The minimum atomic E-state index is -3.18. The highest BCUT2D eigenvalue weighted by molar-refractivity contribution is 7.92. The Hall–Kier alpha value is -1.96. The third kappa shape index (κ3) is 3.59. The van der Waals surface area contributed by atoms with Crippen LogP contribution in [-0.4, -0.2) is 64.1 Å². The molecule has 1 heterocycles. The van der Waals surface area contributed by atoms with E-state index in [1.807, 2.05) is 0 Å². The number of ether oxygens (including phenoxy) is 3. The molecule has 0 spiro atoms. The zero-order valence-corrected chi connectivity index (χ0v) is 16.9. The van der Waals surface area contributed by atoms with Gasteiger partial charge < -0.3 is 19.1 Å². The number of sulfone groups is 1. The molecule has 1 saturated carbocycles. The van der Waals surface area contributed by atoms with Gasteiger partial charge in [0.1, 0.15) is 0 Å². The van der Waals surface area contributed by atoms with Crippen molar-refractivity contribution >= 4 is 15.7 Å². The fourth-order valence-corrected chi connectivity index (χ4v) is 6.23. The summed E-state index contributed by atoms with van der Waals surface area (Å²) >= 11 is 0. The summed E-state index contributed by atoms with van der Waals surface area (Å²) in [6.45, 7) is 0.463. The summed E-state index contributed by atoms with van der Waals surface area (Å²) in [5.41, 5.74) is 0.337. The van der Waals surface area contributed by atoms with Crippen LogP contribution in [0.4, 0.5) is 0 Å². The number of hydrogen-bond acceptors (Lipinski definition) is 6. The molecule has 150 valence electrons. The van der Waals surface area contributed by atoms with E-state index >= 15 is 0 Å². The molecule has 1 aromatic carbocycles. The van der Waals surface area contributed by atoms with Crippen LogP contribution >= 0.6 is 0 Å². The summed E-state index contributed by atoms with van der Waals surface area (Å²) in [6.07, 6.45) is 4.55. The van der Waals surface area contributed by atoms with Gasteiger partial charge in [-0.05, 0) is 25.0 Å². The molecule has 0 radical (unpaired) electrons. The van der Waals surface area contributed by atoms with E-state index in [9.17, 15) is 13.2 Å². The Kier molecular flexibility index (Phi) is 5.83. The van der Waals surface area contributed by atoms with Crippen LogP contribution < -0.4 is 14.2 Å². The van der Waals surface area contributed by atoms with Crippen molar-refractivity contribution in [3.63, 3.8) is 0 Å². The van der Waals surface area contributed by atoms with Crippen molar-refractivity contribution < 1.29 is 27.4 Å². The lowest BCUT2D eigenvalue weighted by atomic mass is 10.0. The fraction of sp³-hybridized carbons (Fsp3) is 0.632. The number of amides is 1. The number of benzene rings is 1. The Labute approximate surface area is 160 Å². The number of methoxy groups -OCH3 is 3. The monoisotopic (exact) mass is 397 g/mol. The first-order valence-corrected chi connectivity index (χ1v) is 10.9. The second-order valence-corrected chi connectivity index (χ2v) is 9.57. The summed E-state index contributed by atoms with van der Waals surface area (Å²) in [4.78, 5) is 14.4. The van der Waals surface area contributed by atoms with E-state index in [4.69, 9.17) is 14.2 Å². The van der Waals surface area contributed by atoms with E-state index in [0.29, 0.717) is 22.8 Å². The van der Waals surface area contributed by atoms with E-state index in [2.05, 4.69) is 0 Å². The van der Waals surface area contributed by atoms with Crippen LogP contribution in [0.2, 0.25) is 0 Å². The van der Waals surface area contributed by atoms with Crippen molar-refractivity contribution in [1.29, 1.82) is 0 Å². The Balaban J connectivity index is 1.74. The van der Waals surface area contributed by atoms with Crippen LogP contribution in [0.3, 0.4) is 0 Å². The highest BCUT2D eigenvalue weighted by Crippen LogP contribution is 2.41. The highest BCUT2D eigenvalue weighted by Gasteiger charge is 2.44. The molecule has 2 aliphatic rings. The van der Waals surface area contributed by atoms with Crippen molar-refractivity contribution in [2.75, 3.05) is 34.4 Å². The van der Waals surface area contributed by atoms with Crippen molar-refractivity contribution in [3.05, 3.63) is 17.7 Å². The number of carbonyl (C=O) groups is 1. The smallest absolute Gasteiger partial charge is 0.257 e. The molecule has 0 unspecified atom stereocenters. The SMILES string of the molecule is COc1ccc(C(=O)N2CC(S(=O)(=O)C3CCCCC3)C2)c(OC)c1OC. The van der Waals surface area contributed by atoms with E-state index in [0.717, 1.165) is 32.1 Å². The maximum atomic E-state index is 12.9. The molecule has 7 nitrogen and oxygen atoms in total. The minimum absolute atomic E-state index is 0.231. The van der Waals surface area contributed by atoms with Crippen LogP contribution in [0, 0.1) is 0 Å². The number of likely N-dealkylation sites (tertiary alicyclic amines) is 1. The number of rotatable bonds is 6. The second-order valence-electron chi connectivity index (χ2n) is 7.06. The largest absolute Gasteiger partial charge is 0.493 e.